The molecule has 1 amide bonds. The fourth-order valence-corrected chi connectivity index (χ4v) is 4.37. The first-order chi connectivity index (χ1) is 12.3. The highest BCUT2D eigenvalue weighted by atomic mass is 32.1. The first-order valence-corrected chi connectivity index (χ1v) is 10.2. The Morgan fingerprint density at radius 2 is 1.68 bits per heavy atom. The third-order valence-electron chi connectivity index (χ3n) is 5.04. The van der Waals surface area contributed by atoms with Crippen LogP contribution in [0.2, 0.25) is 0 Å². The lowest BCUT2D eigenvalue weighted by molar-refractivity contribution is 0.0756. The van der Waals surface area contributed by atoms with Crippen molar-refractivity contribution in [2.24, 2.45) is 0 Å². The Hall–Kier alpha value is -1.95. The summed E-state index contributed by atoms with van der Waals surface area (Å²) >= 11 is 1.53. The molecule has 2 aliphatic heterocycles. The maximum Gasteiger partial charge on any atom is 0.273 e. The standard InChI is InChI=1S/C19H24N4OS/c24-19(23-11-3-1-2-4-12-23)16-14-25-18(21-16)15-7-8-17(20-13-15)22-9-5-6-10-22/h7-8,13-14H,1-6,9-12H2. The molecule has 2 fully saturated rings. The maximum atomic E-state index is 12.7. The van der Waals surface area contributed by atoms with Crippen LogP contribution in [0.5, 0.6) is 0 Å². The summed E-state index contributed by atoms with van der Waals surface area (Å²) in [6.45, 7) is 3.91. The van der Waals surface area contributed by atoms with Crippen LogP contribution in [0.4, 0.5) is 5.82 Å². The number of aromatic nitrogens is 2. The van der Waals surface area contributed by atoms with Gasteiger partial charge >= 0.3 is 0 Å². The topological polar surface area (TPSA) is 49.3 Å². The molecule has 0 bridgehead atoms. The Morgan fingerprint density at radius 1 is 0.960 bits per heavy atom. The number of carbonyl (C=O) groups excluding carboxylic acids is 1. The molecule has 4 rings (SSSR count). The second-order valence-electron chi connectivity index (χ2n) is 6.84. The van der Waals surface area contributed by atoms with Crippen molar-refractivity contribution in [3.05, 3.63) is 29.4 Å². The van der Waals surface area contributed by atoms with Crippen LogP contribution in [0.25, 0.3) is 10.6 Å². The van der Waals surface area contributed by atoms with Gasteiger partial charge in [0, 0.05) is 43.3 Å². The number of hydrogen-bond donors (Lipinski definition) is 0. The molecule has 0 aliphatic carbocycles. The number of pyridine rings is 1. The van der Waals surface area contributed by atoms with Crippen LogP contribution < -0.4 is 4.90 Å². The maximum absolute atomic E-state index is 12.7. The average Bonchev–Trinajstić information content (AvgIpc) is 3.29. The van der Waals surface area contributed by atoms with Gasteiger partial charge in [0.05, 0.1) is 0 Å². The SMILES string of the molecule is O=C(c1csc(-c2ccc(N3CCCC3)nc2)n1)N1CCCCCC1. The number of thiazole rings is 1. The minimum atomic E-state index is 0.0750. The highest BCUT2D eigenvalue weighted by Crippen LogP contribution is 2.26. The number of nitrogens with zero attached hydrogens (tertiary/aromatic N) is 4. The van der Waals surface area contributed by atoms with E-state index in [1.165, 1.54) is 37.0 Å². The van der Waals surface area contributed by atoms with Crippen molar-refractivity contribution in [1.29, 1.82) is 0 Å². The van der Waals surface area contributed by atoms with Crippen molar-refractivity contribution >= 4 is 23.1 Å². The molecule has 2 saturated heterocycles. The van der Waals surface area contributed by atoms with E-state index in [1.807, 2.05) is 16.5 Å². The molecule has 4 heterocycles. The third-order valence-corrected chi connectivity index (χ3v) is 5.93. The Labute approximate surface area is 152 Å². The van der Waals surface area contributed by atoms with Crippen molar-refractivity contribution in [3.63, 3.8) is 0 Å². The Bertz CT molecular complexity index is 713. The van der Waals surface area contributed by atoms with E-state index in [9.17, 15) is 4.79 Å². The van der Waals surface area contributed by atoms with E-state index >= 15 is 0 Å². The zero-order valence-corrected chi connectivity index (χ0v) is 15.3. The summed E-state index contributed by atoms with van der Waals surface area (Å²) in [5.74, 6) is 1.12. The van der Waals surface area contributed by atoms with Crippen molar-refractivity contribution in [2.45, 2.75) is 38.5 Å². The summed E-state index contributed by atoms with van der Waals surface area (Å²) in [7, 11) is 0. The van der Waals surface area contributed by atoms with Crippen LogP contribution in [-0.4, -0.2) is 47.0 Å². The number of anilines is 1. The minimum Gasteiger partial charge on any atom is -0.357 e. The van der Waals surface area contributed by atoms with Gasteiger partial charge in [0.1, 0.15) is 16.5 Å². The predicted molar refractivity (Wildman–Crippen MR) is 101 cm³/mol. The van der Waals surface area contributed by atoms with Crippen LogP contribution in [0.15, 0.2) is 23.7 Å². The summed E-state index contributed by atoms with van der Waals surface area (Å²) in [5, 5.41) is 2.76. The summed E-state index contributed by atoms with van der Waals surface area (Å²) < 4.78 is 0. The van der Waals surface area contributed by atoms with E-state index < -0.39 is 0 Å². The molecule has 2 aliphatic rings. The molecule has 0 unspecified atom stereocenters. The van der Waals surface area contributed by atoms with E-state index in [4.69, 9.17) is 0 Å². The van der Waals surface area contributed by atoms with E-state index in [-0.39, 0.29) is 5.91 Å². The number of hydrogen-bond acceptors (Lipinski definition) is 5. The van der Waals surface area contributed by atoms with Crippen molar-refractivity contribution in [1.82, 2.24) is 14.9 Å². The molecule has 25 heavy (non-hydrogen) atoms. The van der Waals surface area contributed by atoms with Crippen LogP contribution in [-0.2, 0) is 0 Å². The molecule has 2 aromatic rings. The molecule has 0 N–H and O–H groups in total. The largest absolute Gasteiger partial charge is 0.357 e. The molecular formula is C19H24N4OS. The first-order valence-electron chi connectivity index (χ1n) is 9.27. The van der Waals surface area contributed by atoms with Crippen molar-refractivity contribution in [2.75, 3.05) is 31.1 Å². The molecule has 0 radical (unpaired) electrons. The Kier molecular flexibility index (Phi) is 4.97. The Morgan fingerprint density at radius 3 is 2.36 bits per heavy atom. The fourth-order valence-electron chi connectivity index (χ4n) is 3.59. The molecule has 0 atom stereocenters. The van der Waals surface area contributed by atoms with Gasteiger partial charge in [0.2, 0.25) is 0 Å². The van der Waals surface area contributed by atoms with Gasteiger partial charge in [-0.25, -0.2) is 9.97 Å². The monoisotopic (exact) mass is 356 g/mol. The van der Waals surface area contributed by atoms with E-state index in [1.54, 1.807) is 0 Å². The molecule has 0 aromatic carbocycles. The summed E-state index contributed by atoms with van der Waals surface area (Å²) in [6, 6.07) is 4.14. The van der Waals surface area contributed by atoms with Gasteiger partial charge in [-0.3, -0.25) is 4.79 Å². The molecule has 2 aromatic heterocycles. The van der Waals surface area contributed by atoms with Crippen molar-refractivity contribution in [3.8, 4) is 10.6 Å². The predicted octanol–water partition coefficient (Wildman–Crippen LogP) is 3.82. The van der Waals surface area contributed by atoms with Gasteiger partial charge in [-0.2, -0.15) is 0 Å². The lowest BCUT2D eigenvalue weighted by Crippen LogP contribution is -2.32. The summed E-state index contributed by atoms with van der Waals surface area (Å²) in [6.07, 6.45) is 9.03. The molecule has 5 nitrogen and oxygen atoms in total. The van der Waals surface area contributed by atoms with Crippen LogP contribution >= 0.6 is 11.3 Å². The highest BCUT2D eigenvalue weighted by Gasteiger charge is 2.20. The van der Waals surface area contributed by atoms with E-state index in [0.717, 1.165) is 55.4 Å². The highest BCUT2D eigenvalue weighted by molar-refractivity contribution is 7.13. The molecule has 6 heteroatoms. The number of likely N-dealkylation sites (tertiary alicyclic amines) is 1. The molecular weight excluding hydrogens is 332 g/mol. The third kappa shape index (κ3) is 3.68. The van der Waals surface area contributed by atoms with E-state index in [0.29, 0.717) is 5.69 Å². The lowest BCUT2D eigenvalue weighted by Gasteiger charge is -2.18. The second kappa shape index (κ2) is 7.52. The van der Waals surface area contributed by atoms with E-state index in [2.05, 4.69) is 27.0 Å². The number of amides is 1. The van der Waals surface area contributed by atoms with Crippen molar-refractivity contribution < 1.29 is 4.79 Å². The molecule has 0 saturated carbocycles. The zero-order valence-electron chi connectivity index (χ0n) is 14.5. The smallest absolute Gasteiger partial charge is 0.273 e. The van der Waals surface area contributed by atoms with Gasteiger partial charge in [-0.05, 0) is 37.8 Å². The molecule has 132 valence electrons. The Balaban J connectivity index is 1.47. The van der Waals surface area contributed by atoms with Crippen LogP contribution in [0.1, 0.15) is 49.0 Å². The summed E-state index contributed by atoms with van der Waals surface area (Å²) in [5.41, 5.74) is 1.56. The van der Waals surface area contributed by atoms with Gasteiger partial charge in [0.25, 0.3) is 5.91 Å². The van der Waals surface area contributed by atoms with Gasteiger partial charge in [-0.1, -0.05) is 12.8 Å². The van der Waals surface area contributed by atoms with Gasteiger partial charge in [-0.15, -0.1) is 11.3 Å². The number of rotatable bonds is 3. The average molecular weight is 356 g/mol. The normalized spacial score (nSPS) is 18.4. The minimum absolute atomic E-state index is 0.0750. The first kappa shape index (κ1) is 16.5. The van der Waals surface area contributed by atoms with Gasteiger partial charge < -0.3 is 9.80 Å². The summed E-state index contributed by atoms with van der Waals surface area (Å²) in [4.78, 5) is 26.1. The fraction of sp³-hybridized carbons (Fsp3) is 0.526. The van der Waals surface area contributed by atoms with Gasteiger partial charge in [0.15, 0.2) is 0 Å². The second-order valence-corrected chi connectivity index (χ2v) is 7.70. The van der Waals surface area contributed by atoms with Crippen LogP contribution in [0, 0.1) is 0 Å². The number of carbonyl (C=O) groups is 1. The van der Waals surface area contributed by atoms with Crippen LogP contribution in [0.3, 0.4) is 0 Å². The zero-order chi connectivity index (χ0) is 17.1. The lowest BCUT2D eigenvalue weighted by atomic mass is 10.2. The molecule has 0 spiro atoms. The quantitative estimate of drug-likeness (QED) is 0.839.